The van der Waals surface area contributed by atoms with E-state index in [4.69, 9.17) is 0 Å². The van der Waals surface area contributed by atoms with Crippen molar-refractivity contribution < 1.29 is 18.8 Å². The number of halogens is 1. The molecule has 2 heterocycles. The number of amides is 3. The third-order valence-corrected chi connectivity index (χ3v) is 6.15. The highest BCUT2D eigenvalue weighted by Gasteiger charge is 2.57. The van der Waals surface area contributed by atoms with E-state index in [0.717, 1.165) is 16.0 Å². The third kappa shape index (κ3) is 2.79. The van der Waals surface area contributed by atoms with Crippen LogP contribution in [-0.2, 0) is 4.79 Å². The summed E-state index contributed by atoms with van der Waals surface area (Å²) in [5, 5.41) is 0. The van der Waals surface area contributed by atoms with Gasteiger partial charge in [-0.25, -0.2) is 4.39 Å². The molecule has 3 aromatic rings. The average molecular weight is 414 g/mol. The van der Waals surface area contributed by atoms with E-state index in [9.17, 15) is 18.8 Å². The van der Waals surface area contributed by atoms with Crippen molar-refractivity contribution in [2.45, 2.75) is 25.9 Å². The van der Waals surface area contributed by atoms with Gasteiger partial charge in [0.25, 0.3) is 17.7 Å². The lowest BCUT2D eigenvalue weighted by Crippen LogP contribution is -2.67. The largest absolute Gasteiger partial charge is 0.300 e. The van der Waals surface area contributed by atoms with Crippen molar-refractivity contribution in [2.24, 2.45) is 0 Å². The Balaban J connectivity index is 1.60. The Morgan fingerprint density at radius 3 is 1.90 bits per heavy atom. The molecule has 1 saturated heterocycles. The molecule has 5 rings (SSSR count). The first-order chi connectivity index (χ1) is 14.9. The van der Waals surface area contributed by atoms with Gasteiger partial charge in [0, 0.05) is 5.69 Å². The highest BCUT2D eigenvalue weighted by molar-refractivity contribution is 6.24. The fraction of sp³-hybridized carbons (Fsp3) is 0.160. The van der Waals surface area contributed by atoms with Crippen LogP contribution < -0.4 is 4.90 Å². The second kappa shape index (κ2) is 6.87. The second-order valence-corrected chi connectivity index (χ2v) is 7.94. The van der Waals surface area contributed by atoms with E-state index in [0.29, 0.717) is 22.4 Å². The number of hydrogen-bond donors (Lipinski definition) is 0. The lowest BCUT2D eigenvalue weighted by Gasteiger charge is -2.50. The zero-order valence-corrected chi connectivity index (χ0v) is 17.0. The minimum atomic E-state index is -0.987. The van der Waals surface area contributed by atoms with Crippen molar-refractivity contribution in [3.8, 4) is 0 Å². The number of aryl methyl sites for hydroxylation is 2. The van der Waals surface area contributed by atoms with E-state index in [-0.39, 0.29) is 5.91 Å². The van der Waals surface area contributed by atoms with Crippen molar-refractivity contribution in [1.82, 2.24) is 4.90 Å². The lowest BCUT2D eigenvalue weighted by atomic mass is 9.86. The number of carbonyl (C=O) groups excluding carboxylic acids is 3. The predicted molar refractivity (Wildman–Crippen MR) is 113 cm³/mol. The van der Waals surface area contributed by atoms with Gasteiger partial charge in [0.2, 0.25) is 0 Å². The summed E-state index contributed by atoms with van der Waals surface area (Å²) in [6.07, 6.45) is 0. The standard InChI is InChI=1S/C25H19FN2O3/c1-14-7-12-18(13-15(14)2)27-21(16-8-10-17(26)11-9-16)22(25(27)31)28-23(29)19-5-3-4-6-20(19)24(28)30/h3-13,21-22H,1-2H3. The first-order valence-corrected chi connectivity index (χ1v) is 10.0. The molecule has 1 fully saturated rings. The van der Waals surface area contributed by atoms with E-state index in [1.807, 2.05) is 32.0 Å². The number of anilines is 1. The quantitative estimate of drug-likeness (QED) is 0.477. The van der Waals surface area contributed by atoms with Gasteiger partial charge >= 0.3 is 0 Å². The molecule has 3 amide bonds. The van der Waals surface area contributed by atoms with Crippen LogP contribution in [0.1, 0.15) is 43.4 Å². The van der Waals surface area contributed by atoms with E-state index in [2.05, 4.69) is 0 Å². The minimum Gasteiger partial charge on any atom is -0.300 e. The molecule has 0 saturated carbocycles. The molecule has 31 heavy (non-hydrogen) atoms. The zero-order chi connectivity index (χ0) is 21.9. The van der Waals surface area contributed by atoms with Gasteiger partial charge < -0.3 is 4.90 Å². The molecule has 0 aromatic heterocycles. The number of nitrogens with zero attached hydrogens (tertiary/aromatic N) is 2. The maximum Gasteiger partial charge on any atom is 0.262 e. The molecule has 0 aliphatic carbocycles. The second-order valence-electron chi connectivity index (χ2n) is 7.94. The van der Waals surface area contributed by atoms with Crippen molar-refractivity contribution in [1.29, 1.82) is 0 Å². The molecule has 2 aliphatic heterocycles. The van der Waals surface area contributed by atoms with Crippen LogP contribution in [0.25, 0.3) is 0 Å². The molecule has 154 valence electrons. The van der Waals surface area contributed by atoms with E-state index < -0.39 is 29.7 Å². The van der Waals surface area contributed by atoms with Crippen LogP contribution in [0.5, 0.6) is 0 Å². The SMILES string of the molecule is Cc1ccc(N2C(=O)C(N3C(=O)c4ccccc4C3=O)C2c2ccc(F)cc2)cc1C. The zero-order valence-electron chi connectivity index (χ0n) is 17.0. The molecular weight excluding hydrogens is 395 g/mol. The van der Waals surface area contributed by atoms with Gasteiger partial charge in [-0.2, -0.15) is 0 Å². The summed E-state index contributed by atoms with van der Waals surface area (Å²) in [7, 11) is 0. The maximum atomic E-state index is 13.6. The molecule has 2 aliphatic rings. The lowest BCUT2D eigenvalue weighted by molar-refractivity contribution is -0.130. The summed E-state index contributed by atoms with van der Waals surface area (Å²) < 4.78 is 13.6. The van der Waals surface area contributed by atoms with Crippen molar-refractivity contribution in [2.75, 3.05) is 4.90 Å². The van der Waals surface area contributed by atoms with Crippen LogP contribution in [-0.4, -0.2) is 28.7 Å². The normalized spacial score (nSPS) is 20.2. The summed E-state index contributed by atoms with van der Waals surface area (Å²) in [5.74, 6) is -1.70. The summed E-state index contributed by atoms with van der Waals surface area (Å²) in [4.78, 5) is 42.0. The number of rotatable bonds is 3. The molecule has 5 nitrogen and oxygen atoms in total. The number of fused-ring (bicyclic) bond motifs is 1. The Kier molecular flexibility index (Phi) is 4.25. The minimum absolute atomic E-state index is 0.294. The predicted octanol–water partition coefficient (Wildman–Crippen LogP) is 4.20. The number of carbonyl (C=O) groups is 3. The van der Waals surface area contributed by atoms with Crippen LogP contribution in [0.15, 0.2) is 66.7 Å². The van der Waals surface area contributed by atoms with Crippen molar-refractivity contribution in [3.63, 3.8) is 0 Å². The van der Waals surface area contributed by atoms with Crippen molar-refractivity contribution in [3.05, 3.63) is 100 Å². The third-order valence-electron chi connectivity index (χ3n) is 6.15. The van der Waals surface area contributed by atoms with Gasteiger partial charge in [0.05, 0.1) is 17.2 Å². The highest BCUT2D eigenvalue weighted by atomic mass is 19.1. The topological polar surface area (TPSA) is 57.7 Å². The number of hydrogen-bond acceptors (Lipinski definition) is 3. The summed E-state index contributed by atoms with van der Waals surface area (Å²) in [6, 6.07) is 16.5. The Morgan fingerprint density at radius 2 is 1.32 bits per heavy atom. The fourth-order valence-corrected chi connectivity index (χ4v) is 4.34. The first kappa shape index (κ1) is 19.2. The Bertz CT molecular complexity index is 1220. The summed E-state index contributed by atoms with van der Waals surface area (Å²) >= 11 is 0. The number of β-lactam (4-membered cyclic amide) rings is 1. The van der Waals surface area contributed by atoms with Gasteiger partial charge in [-0.05, 0) is 66.9 Å². The van der Waals surface area contributed by atoms with Crippen LogP contribution in [0, 0.1) is 19.7 Å². The van der Waals surface area contributed by atoms with Crippen LogP contribution in [0.4, 0.5) is 10.1 Å². The maximum absolute atomic E-state index is 13.6. The van der Waals surface area contributed by atoms with E-state index >= 15 is 0 Å². The highest BCUT2D eigenvalue weighted by Crippen LogP contribution is 2.44. The summed E-state index contributed by atoms with van der Waals surface area (Å²) in [5.41, 5.74) is 4.03. The molecule has 0 bridgehead atoms. The molecule has 0 spiro atoms. The Labute approximate surface area is 178 Å². The van der Waals surface area contributed by atoms with E-state index in [1.54, 1.807) is 41.3 Å². The molecular formula is C25H19FN2O3. The fourth-order valence-electron chi connectivity index (χ4n) is 4.34. The Hall–Kier alpha value is -3.80. The van der Waals surface area contributed by atoms with Crippen LogP contribution >= 0.6 is 0 Å². The van der Waals surface area contributed by atoms with Gasteiger partial charge in [0.1, 0.15) is 11.9 Å². The molecule has 6 heteroatoms. The van der Waals surface area contributed by atoms with Gasteiger partial charge in [0.15, 0.2) is 0 Å². The van der Waals surface area contributed by atoms with Crippen LogP contribution in [0.3, 0.4) is 0 Å². The molecule has 3 aromatic carbocycles. The molecule has 2 atom stereocenters. The summed E-state index contributed by atoms with van der Waals surface area (Å²) in [6.45, 7) is 3.94. The Morgan fingerprint density at radius 1 is 0.710 bits per heavy atom. The number of imide groups is 1. The molecule has 2 unspecified atom stereocenters. The molecule has 0 radical (unpaired) electrons. The van der Waals surface area contributed by atoms with E-state index in [1.165, 1.54) is 12.1 Å². The van der Waals surface area contributed by atoms with Crippen molar-refractivity contribution >= 4 is 23.4 Å². The number of benzene rings is 3. The average Bonchev–Trinajstić information content (AvgIpc) is 3.01. The van der Waals surface area contributed by atoms with Gasteiger partial charge in [-0.3, -0.25) is 19.3 Å². The monoisotopic (exact) mass is 414 g/mol. The van der Waals surface area contributed by atoms with Gasteiger partial charge in [-0.15, -0.1) is 0 Å². The first-order valence-electron chi connectivity index (χ1n) is 10.0. The van der Waals surface area contributed by atoms with Crippen LogP contribution in [0.2, 0.25) is 0 Å². The molecule has 0 N–H and O–H groups in total. The smallest absolute Gasteiger partial charge is 0.262 e. The van der Waals surface area contributed by atoms with Gasteiger partial charge in [-0.1, -0.05) is 30.3 Å².